The number of ether oxygens (including phenoxy) is 1. The maximum absolute atomic E-state index is 5.60. The Morgan fingerprint density at radius 1 is 0.773 bits per heavy atom. The summed E-state index contributed by atoms with van der Waals surface area (Å²) in [5, 5.41) is 8.53. The van der Waals surface area contributed by atoms with Crippen molar-refractivity contribution in [3.8, 4) is 5.75 Å². The van der Waals surface area contributed by atoms with Crippen molar-refractivity contribution in [1.29, 1.82) is 0 Å². The van der Waals surface area contributed by atoms with Crippen molar-refractivity contribution in [2.45, 2.75) is 46.1 Å². The summed E-state index contributed by atoms with van der Waals surface area (Å²) in [6, 6.07) is 15.9. The maximum Gasteiger partial charge on any atom is 0.119 e. The largest absolute Gasteiger partial charge is 0.491 e. The average Bonchev–Trinajstić information content (AvgIpc) is 2.45. The van der Waals surface area contributed by atoms with Crippen LogP contribution in [0.5, 0.6) is 5.75 Å². The van der Waals surface area contributed by atoms with E-state index in [0.717, 1.165) is 17.1 Å². The minimum absolute atomic E-state index is 0.155. The molecule has 0 unspecified atom stereocenters. The Kier molecular flexibility index (Phi) is 4.96. The van der Waals surface area contributed by atoms with Crippen LogP contribution in [0.2, 0.25) is 0 Å². The third-order valence-electron chi connectivity index (χ3n) is 3.22. The lowest BCUT2D eigenvalue weighted by Crippen LogP contribution is -2.10. The van der Waals surface area contributed by atoms with E-state index in [0.29, 0.717) is 0 Å². The van der Waals surface area contributed by atoms with Crippen LogP contribution in [0.25, 0.3) is 0 Å². The smallest absolute Gasteiger partial charge is 0.119 e. The van der Waals surface area contributed by atoms with E-state index in [1.807, 2.05) is 50.2 Å². The normalized spacial score (nSPS) is 12.1. The summed E-state index contributed by atoms with van der Waals surface area (Å²) in [7, 11) is 0. The van der Waals surface area contributed by atoms with Crippen LogP contribution < -0.4 is 4.74 Å². The Labute approximate surface area is 133 Å². The second-order valence-electron chi connectivity index (χ2n) is 6.66. The van der Waals surface area contributed by atoms with Crippen LogP contribution in [-0.2, 0) is 5.41 Å². The SMILES string of the molecule is CC(C)Oc1ccc(N=Nc2ccc(C(C)(C)C)cc2)cc1. The van der Waals surface area contributed by atoms with Crippen LogP contribution in [0.3, 0.4) is 0 Å². The van der Waals surface area contributed by atoms with Gasteiger partial charge in [0.25, 0.3) is 0 Å². The maximum atomic E-state index is 5.60. The predicted molar refractivity (Wildman–Crippen MR) is 91.5 cm³/mol. The highest BCUT2D eigenvalue weighted by atomic mass is 16.5. The van der Waals surface area contributed by atoms with E-state index in [4.69, 9.17) is 4.74 Å². The van der Waals surface area contributed by atoms with Crippen molar-refractivity contribution in [3.63, 3.8) is 0 Å². The minimum atomic E-state index is 0.155. The number of nitrogens with zero attached hydrogens (tertiary/aromatic N) is 2. The molecule has 0 fully saturated rings. The van der Waals surface area contributed by atoms with Crippen molar-refractivity contribution in [3.05, 3.63) is 54.1 Å². The molecule has 0 radical (unpaired) electrons. The van der Waals surface area contributed by atoms with E-state index in [1.165, 1.54) is 5.56 Å². The molecule has 0 aliphatic heterocycles. The molecule has 0 aliphatic carbocycles. The van der Waals surface area contributed by atoms with Crippen molar-refractivity contribution in [2.75, 3.05) is 0 Å². The molecule has 22 heavy (non-hydrogen) atoms. The molecule has 3 heteroatoms. The summed E-state index contributed by atoms with van der Waals surface area (Å²) in [6.45, 7) is 10.6. The van der Waals surface area contributed by atoms with Gasteiger partial charge in [-0.15, -0.1) is 0 Å². The molecule has 0 aliphatic rings. The van der Waals surface area contributed by atoms with Crippen molar-refractivity contribution in [1.82, 2.24) is 0 Å². The molecule has 0 saturated heterocycles. The summed E-state index contributed by atoms with van der Waals surface area (Å²) in [5.74, 6) is 0.850. The zero-order chi connectivity index (χ0) is 16.2. The first-order valence-corrected chi connectivity index (χ1v) is 7.63. The summed E-state index contributed by atoms with van der Waals surface area (Å²) < 4.78 is 5.60. The van der Waals surface area contributed by atoms with E-state index in [1.54, 1.807) is 0 Å². The number of hydrogen-bond acceptors (Lipinski definition) is 3. The minimum Gasteiger partial charge on any atom is -0.491 e. The zero-order valence-electron chi connectivity index (χ0n) is 14.0. The highest BCUT2D eigenvalue weighted by Gasteiger charge is 2.12. The fourth-order valence-corrected chi connectivity index (χ4v) is 2.01. The lowest BCUT2D eigenvalue weighted by Gasteiger charge is -2.18. The van der Waals surface area contributed by atoms with Crippen LogP contribution in [0.1, 0.15) is 40.2 Å². The molecule has 116 valence electrons. The second kappa shape index (κ2) is 6.73. The predicted octanol–water partition coefficient (Wildman–Crippen LogP) is 6.19. The van der Waals surface area contributed by atoms with Crippen LogP contribution in [-0.4, -0.2) is 6.10 Å². The van der Waals surface area contributed by atoms with Crippen LogP contribution in [0.4, 0.5) is 11.4 Å². The summed E-state index contributed by atoms with van der Waals surface area (Å²) in [6.07, 6.45) is 0.175. The van der Waals surface area contributed by atoms with Gasteiger partial charge in [0.15, 0.2) is 0 Å². The van der Waals surface area contributed by atoms with Gasteiger partial charge in [0.2, 0.25) is 0 Å². The second-order valence-corrected chi connectivity index (χ2v) is 6.66. The van der Waals surface area contributed by atoms with Gasteiger partial charge in [-0.2, -0.15) is 10.2 Å². The van der Waals surface area contributed by atoms with Gasteiger partial charge in [0.1, 0.15) is 5.75 Å². The molecule has 0 spiro atoms. The van der Waals surface area contributed by atoms with Crippen molar-refractivity contribution < 1.29 is 4.74 Å². The molecule has 0 saturated carbocycles. The molecule has 2 rings (SSSR count). The Morgan fingerprint density at radius 3 is 1.64 bits per heavy atom. The summed E-state index contributed by atoms with van der Waals surface area (Å²) >= 11 is 0. The van der Waals surface area contributed by atoms with Crippen molar-refractivity contribution in [2.24, 2.45) is 10.2 Å². The fourth-order valence-electron chi connectivity index (χ4n) is 2.01. The van der Waals surface area contributed by atoms with Gasteiger partial charge in [0.05, 0.1) is 17.5 Å². The van der Waals surface area contributed by atoms with Gasteiger partial charge in [0, 0.05) is 0 Å². The number of rotatable bonds is 4. The van der Waals surface area contributed by atoms with Gasteiger partial charge in [-0.1, -0.05) is 32.9 Å². The first-order chi connectivity index (χ1) is 10.3. The van der Waals surface area contributed by atoms with E-state index in [-0.39, 0.29) is 11.5 Å². The van der Waals surface area contributed by atoms with Gasteiger partial charge in [-0.25, -0.2) is 0 Å². The average molecular weight is 296 g/mol. The first-order valence-electron chi connectivity index (χ1n) is 7.63. The molecule has 0 amide bonds. The van der Waals surface area contributed by atoms with E-state index in [9.17, 15) is 0 Å². The number of azo groups is 1. The van der Waals surface area contributed by atoms with E-state index >= 15 is 0 Å². The topological polar surface area (TPSA) is 34.0 Å². The Morgan fingerprint density at radius 2 is 1.23 bits per heavy atom. The molecular formula is C19H24N2O. The molecule has 0 bridgehead atoms. The number of benzene rings is 2. The molecule has 0 aromatic heterocycles. The quantitative estimate of drug-likeness (QED) is 0.619. The van der Waals surface area contributed by atoms with Gasteiger partial charge < -0.3 is 4.74 Å². The van der Waals surface area contributed by atoms with E-state index in [2.05, 4.69) is 43.1 Å². The Balaban J connectivity index is 2.05. The lowest BCUT2D eigenvalue weighted by molar-refractivity contribution is 0.242. The standard InChI is InChI=1S/C19H24N2O/c1-14(2)22-18-12-10-17(11-13-18)21-20-16-8-6-15(7-9-16)19(3,4)5/h6-14H,1-5H3. The highest BCUT2D eigenvalue weighted by Crippen LogP contribution is 2.26. The van der Waals surface area contributed by atoms with Gasteiger partial charge in [-0.3, -0.25) is 0 Å². The third-order valence-corrected chi connectivity index (χ3v) is 3.22. The van der Waals surface area contributed by atoms with Crippen LogP contribution in [0.15, 0.2) is 58.8 Å². The summed E-state index contributed by atoms with van der Waals surface area (Å²) in [4.78, 5) is 0. The molecule has 3 nitrogen and oxygen atoms in total. The summed E-state index contributed by atoms with van der Waals surface area (Å²) in [5.41, 5.74) is 3.12. The number of hydrogen-bond donors (Lipinski definition) is 0. The third kappa shape index (κ3) is 4.69. The van der Waals surface area contributed by atoms with Gasteiger partial charge >= 0.3 is 0 Å². The first kappa shape index (κ1) is 16.2. The molecule has 0 heterocycles. The Hall–Kier alpha value is -2.16. The molecule has 2 aromatic carbocycles. The molecular weight excluding hydrogens is 272 g/mol. The van der Waals surface area contributed by atoms with Crippen molar-refractivity contribution >= 4 is 11.4 Å². The van der Waals surface area contributed by atoms with E-state index < -0.39 is 0 Å². The fraction of sp³-hybridized carbons (Fsp3) is 0.368. The highest BCUT2D eigenvalue weighted by molar-refractivity contribution is 5.44. The van der Waals surface area contributed by atoms with Crippen LogP contribution in [0, 0.1) is 0 Å². The molecule has 0 N–H and O–H groups in total. The Bertz CT molecular complexity index is 620. The zero-order valence-corrected chi connectivity index (χ0v) is 14.0. The molecule has 2 aromatic rings. The van der Waals surface area contributed by atoms with Gasteiger partial charge in [-0.05, 0) is 61.2 Å². The lowest BCUT2D eigenvalue weighted by atomic mass is 9.87. The monoisotopic (exact) mass is 296 g/mol. The molecule has 0 atom stereocenters. The van der Waals surface area contributed by atoms with Crippen LogP contribution >= 0.6 is 0 Å².